The molecule has 18 heavy (non-hydrogen) atoms. The lowest BCUT2D eigenvalue weighted by atomic mass is 10.1. The molecule has 1 aliphatic heterocycles. The molecule has 2 atom stereocenters. The van der Waals surface area contributed by atoms with E-state index in [-0.39, 0.29) is 11.9 Å². The second kappa shape index (κ2) is 5.67. The van der Waals surface area contributed by atoms with Gasteiger partial charge in [-0.3, -0.25) is 0 Å². The molecule has 2 rings (SSSR count). The molecule has 1 fully saturated rings. The summed E-state index contributed by atoms with van der Waals surface area (Å²) < 4.78 is 19.5. The molecule has 1 N–H and O–H groups in total. The SMILES string of the molecule is C[C@H](O)c1cccc(F)c1N(C)CC1CCCO1. The van der Waals surface area contributed by atoms with Gasteiger partial charge in [0.25, 0.3) is 0 Å². The summed E-state index contributed by atoms with van der Waals surface area (Å²) in [6.45, 7) is 3.10. The molecule has 1 unspecified atom stereocenters. The molecule has 4 heteroatoms. The molecule has 0 aliphatic carbocycles. The second-order valence-corrected chi connectivity index (χ2v) is 4.87. The van der Waals surface area contributed by atoms with Gasteiger partial charge < -0.3 is 14.7 Å². The van der Waals surface area contributed by atoms with Crippen LogP contribution in [0.15, 0.2) is 18.2 Å². The van der Waals surface area contributed by atoms with Gasteiger partial charge in [-0.25, -0.2) is 4.39 Å². The Morgan fingerprint density at radius 2 is 2.33 bits per heavy atom. The van der Waals surface area contributed by atoms with Gasteiger partial charge in [-0.05, 0) is 25.8 Å². The van der Waals surface area contributed by atoms with E-state index in [2.05, 4.69) is 0 Å². The van der Waals surface area contributed by atoms with Crippen LogP contribution >= 0.6 is 0 Å². The fourth-order valence-corrected chi connectivity index (χ4v) is 2.46. The van der Waals surface area contributed by atoms with E-state index in [1.807, 2.05) is 11.9 Å². The standard InChI is InChI=1S/C14H20FNO2/c1-10(17)12-6-3-7-13(15)14(12)16(2)9-11-5-4-8-18-11/h3,6-7,10-11,17H,4-5,8-9H2,1-2H3/t10-,11?/m0/s1. The number of halogens is 1. The average Bonchev–Trinajstić information content (AvgIpc) is 2.81. The number of nitrogens with zero attached hydrogens (tertiary/aromatic N) is 1. The summed E-state index contributed by atoms with van der Waals surface area (Å²) in [6, 6.07) is 4.81. The highest BCUT2D eigenvalue weighted by atomic mass is 19.1. The number of likely N-dealkylation sites (N-methyl/N-ethyl adjacent to an activating group) is 1. The first-order valence-corrected chi connectivity index (χ1v) is 6.39. The average molecular weight is 253 g/mol. The maximum atomic E-state index is 13.9. The van der Waals surface area contributed by atoms with Gasteiger partial charge in [0.15, 0.2) is 0 Å². The molecular weight excluding hydrogens is 233 g/mol. The van der Waals surface area contributed by atoms with Crippen molar-refractivity contribution in [2.45, 2.75) is 32.0 Å². The highest BCUT2D eigenvalue weighted by Gasteiger charge is 2.21. The van der Waals surface area contributed by atoms with Crippen LogP contribution in [-0.2, 0) is 4.74 Å². The molecule has 100 valence electrons. The summed E-state index contributed by atoms with van der Waals surface area (Å²) in [7, 11) is 1.84. The molecule has 1 aromatic rings. The second-order valence-electron chi connectivity index (χ2n) is 4.87. The minimum absolute atomic E-state index is 0.163. The molecule has 3 nitrogen and oxygen atoms in total. The molecule has 0 bridgehead atoms. The van der Waals surface area contributed by atoms with E-state index in [1.165, 1.54) is 6.07 Å². The third-order valence-corrected chi connectivity index (χ3v) is 3.35. The number of anilines is 1. The Morgan fingerprint density at radius 3 is 2.94 bits per heavy atom. The molecule has 1 aliphatic rings. The highest BCUT2D eigenvalue weighted by molar-refractivity contribution is 5.55. The number of hydrogen-bond donors (Lipinski definition) is 1. The molecule has 0 spiro atoms. The minimum Gasteiger partial charge on any atom is -0.389 e. The van der Waals surface area contributed by atoms with Crippen LogP contribution in [0.2, 0.25) is 0 Å². The monoisotopic (exact) mass is 253 g/mol. The van der Waals surface area contributed by atoms with Crippen LogP contribution in [0.4, 0.5) is 10.1 Å². The van der Waals surface area contributed by atoms with E-state index < -0.39 is 6.10 Å². The van der Waals surface area contributed by atoms with E-state index in [4.69, 9.17) is 4.74 Å². The number of rotatable bonds is 4. The quantitative estimate of drug-likeness (QED) is 0.895. The van der Waals surface area contributed by atoms with Gasteiger partial charge in [0, 0.05) is 25.8 Å². The van der Waals surface area contributed by atoms with Crippen molar-refractivity contribution in [3.05, 3.63) is 29.6 Å². The Balaban J connectivity index is 2.19. The maximum Gasteiger partial charge on any atom is 0.146 e. The van der Waals surface area contributed by atoms with Gasteiger partial charge in [-0.2, -0.15) is 0 Å². The van der Waals surface area contributed by atoms with E-state index in [0.717, 1.165) is 19.4 Å². The highest BCUT2D eigenvalue weighted by Crippen LogP contribution is 2.29. The van der Waals surface area contributed by atoms with Gasteiger partial charge in [0.2, 0.25) is 0 Å². The zero-order valence-electron chi connectivity index (χ0n) is 10.9. The number of aliphatic hydroxyl groups excluding tert-OH is 1. The minimum atomic E-state index is -0.678. The molecule has 1 saturated heterocycles. The molecule has 0 saturated carbocycles. The molecule has 0 amide bonds. The summed E-state index contributed by atoms with van der Waals surface area (Å²) >= 11 is 0. The van der Waals surface area contributed by atoms with E-state index in [1.54, 1.807) is 19.1 Å². The first-order valence-electron chi connectivity index (χ1n) is 6.39. The first kappa shape index (κ1) is 13.3. The zero-order chi connectivity index (χ0) is 13.1. The van der Waals surface area contributed by atoms with Crippen LogP contribution in [0.25, 0.3) is 0 Å². The largest absolute Gasteiger partial charge is 0.389 e. The Labute approximate surface area is 107 Å². The van der Waals surface area contributed by atoms with Crippen LogP contribution in [0, 0.1) is 5.82 Å². The summed E-state index contributed by atoms with van der Waals surface area (Å²) in [5.41, 5.74) is 1.10. The topological polar surface area (TPSA) is 32.7 Å². The lowest BCUT2D eigenvalue weighted by molar-refractivity contribution is 0.116. The van der Waals surface area contributed by atoms with E-state index in [9.17, 15) is 9.50 Å². The predicted octanol–water partition coefficient (Wildman–Crippen LogP) is 2.49. The predicted molar refractivity (Wildman–Crippen MR) is 69.3 cm³/mol. The lowest BCUT2D eigenvalue weighted by Gasteiger charge is -2.26. The summed E-state index contributed by atoms with van der Waals surface area (Å²) in [5.74, 6) is -0.297. The molecular formula is C14H20FNO2. The normalized spacial score (nSPS) is 21.0. The molecule has 1 aromatic carbocycles. The van der Waals surface area contributed by atoms with Crippen molar-refractivity contribution in [3.8, 4) is 0 Å². The Kier molecular flexibility index (Phi) is 4.19. The third kappa shape index (κ3) is 2.82. The fraction of sp³-hybridized carbons (Fsp3) is 0.571. The van der Waals surface area contributed by atoms with Gasteiger partial charge in [-0.15, -0.1) is 0 Å². The Bertz CT molecular complexity index is 403. The molecule has 1 heterocycles. The Hall–Kier alpha value is -1.13. The molecule has 0 aromatic heterocycles. The van der Waals surface area contributed by atoms with E-state index >= 15 is 0 Å². The van der Waals surface area contributed by atoms with Crippen molar-refractivity contribution < 1.29 is 14.2 Å². The van der Waals surface area contributed by atoms with Crippen LogP contribution < -0.4 is 4.90 Å². The van der Waals surface area contributed by atoms with Crippen molar-refractivity contribution in [3.63, 3.8) is 0 Å². The van der Waals surface area contributed by atoms with Crippen molar-refractivity contribution in [2.24, 2.45) is 0 Å². The third-order valence-electron chi connectivity index (χ3n) is 3.35. The number of aliphatic hydroxyl groups is 1. The summed E-state index contributed by atoms with van der Waals surface area (Å²) in [5, 5.41) is 9.71. The van der Waals surface area contributed by atoms with Crippen LogP contribution in [-0.4, -0.2) is 31.4 Å². The number of benzene rings is 1. The van der Waals surface area contributed by atoms with Crippen LogP contribution in [0.5, 0.6) is 0 Å². The number of ether oxygens (including phenoxy) is 1. The first-order chi connectivity index (χ1) is 8.59. The molecule has 0 radical (unpaired) electrons. The van der Waals surface area contributed by atoms with Crippen LogP contribution in [0.1, 0.15) is 31.4 Å². The number of hydrogen-bond acceptors (Lipinski definition) is 3. The summed E-state index contributed by atoms with van der Waals surface area (Å²) in [4.78, 5) is 1.84. The summed E-state index contributed by atoms with van der Waals surface area (Å²) in [6.07, 6.45) is 1.57. The van der Waals surface area contributed by atoms with Gasteiger partial charge in [0.1, 0.15) is 5.82 Å². The van der Waals surface area contributed by atoms with Crippen LogP contribution in [0.3, 0.4) is 0 Å². The zero-order valence-corrected chi connectivity index (χ0v) is 10.9. The maximum absolute atomic E-state index is 13.9. The fourth-order valence-electron chi connectivity index (χ4n) is 2.46. The van der Waals surface area contributed by atoms with Gasteiger partial charge in [-0.1, -0.05) is 12.1 Å². The van der Waals surface area contributed by atoms with Gasteiger partial charge in [0.05, 0.1) is 17.9 Å². The van der Waals surface area contributed by atoms with E-state index in [0.29, 0.717) is 17.8 Å². The van der Waals surface area contributed by atoms with Crippen molar-refractivity contribution in [2.75, 3.05) is 25.1 Å². The Morgan fingerprint density at radius 1 is 1.56 bits per heavy atom. The van der Waals surface area contributed by atoms with Crippen molar-refractivity contribution in [1.29, 1.82) is 0 Å². The van der Waals surface area contributed by atoms with Crippen molar-refractivity contribution in [1.82, 2.24) is 0 Å². The van der Waals surface area contributed by atoms with Crippen molar-refractivity contribution >= 4 is 5.69 Å². The lowest BCUT2D eigenvalue weighted by Crippen LogP contribution is -2.30. The smallest absolute Gasteiger partial charge is 0.146 e. The number of para-hydroxylation sites is 1. The van der Waals surface area contributed by atoms with Gasteiger partial charge >= 0.3 is 0 Å².